The standard InChI is InChI=1S/C24H25N5O4/c1-31-20-13-16(8-9-18(20)33-17-5-2-6-17)14-23(30)26-21-15-22(29-11-4-10-25-29)28-24(27-21)19-7-3-12-32-19/h4,7-11,13,15,17H,2-3,5-6,12,14H2,1H3,(H,26,27,28,30). The first-order valence-corrected chi connectivity index (χ1v) is 11.0. The number of benzene rings is 1. The molecule has 1 aliphatic carbocycles. The summed E-state index contributed by atoms with van der Waals surface area (Å²) in [6.07, 6.45) is 9.92. The van der Waals surface area contributed by atoms with Gasteiger partial charge in [-0.1, -0.05) is 6.07 Å². The molecular weight excluding hydrogens is 422 g/mol. The van der Waals surface area contributed by atoms with Crippen LogP contribution in [-0.2, 0) is 16.0 Å². The van der Waals surface area contributed by atoms with E-state index in [4.69, 9.17) is 14.2 Å². The molecule has 1 saturated carbocycles. The second-order valence-electron chi connectivity index (χ2n) is 7.97. The molecule has 2 aromatic heterocycles. The number of nitrogens with one attached hydrogen (secondary N) is 1. The van der Waals surface area contributed by atoms with Crippen molar-refractivity contribution in [2.45, 2.75) is 38.2 Å². The van der Waals surface area contributed by atoms with E-state index >= 15 is 0 Å². The van der Waals surface area contributed by atoms with E-state index in [0.717, 1.165) is 24.8 Å². The summed E-state index contributed by atoms with van der Waals surface area (Å²) in [6, 6.07) is 9.07. The zero-order valence-electron chi connectivity index (χ0n) is 18.4. The van der Waals surface area contributed by atoms with Gasteiger partial charge in [-0.2, -0.15) is 5.10 Å². The lowest BCUT2D eigenvalue weighted by atomic mass is 9.96. The van der Waals surface area contributed by atoms with Crippen LogP contribution in [0.15, 0.2) is 48.8 Å². The molecule has 2 aliphatic rings. The maximum atomic E-state index is 12.8. The number of rotatable bonds is 8. The van der Waals surface area contributed by atoms with Crippen LogP contribution >= 0.6 is 0 Å². The number of anilines is 1. The summed E-state index contributed by atoms with van der Waals surface area (Å²) in [7, 11) is 1.60. The maximum absolute atomic E-state index is 12.8. The predicted octanol–water partition coefficient (Wildman–Crippen LogP) is 3.54. The van der Waals surface area contributed by atoms with Crippen molar-refractivity contribution < 1.29 is 19.0 Å². The summed E-state index contributed by atoms with van der Waals surface area (Å²) < 4.78 is 18.7. The van der Waals surface area contributed by atoms with Crippen molar-refractivity contribution in [3.8, 4) is 17.3 Å². The minimum Gasteiger partial charge on any atom is -0.493 e. The van der Waals surface area contributed by atoms with E-state index in [0.29, 0.717) is 41.3 Å². The SMILES string of the molecule is COc1cc(CC(=O)Nc2cc(-n3cccn3)nc(C3=CCCO3)n2)ccc1OC1CCC1. The second-order valence-corrected chi connectivity index (χ2v) is 7.97. The van der Waals surface area contributed by atoms with Gasteiger partial charge in [0.15, 0.2) is 28.9 Å². The lowest BCUT2D eigenvalue weighted by Gasteiger charge is -2.27. The number of methoxy groups -OCH3 is 1. The van der Waals surface area contributed by atoms with Gasteiger partial charge >= 0.3 is 0 Å². The van der Waals surface area contributed by atoms with E-state index in [1.54, 1.807) is 36.3 Å². The van der Waals surface area contributed by atoms with Crippen LogP contribution in [0.3, 0.4) is 0 Å². The third-order valence-electron chi connectivity index (χ3n) is 5.58. The summed E-state index contributed by atoms with van der Waals surface area (Å²) in [5, 5.41) is 7.10. The average Bonchev–Trinajstić information content (AvgIpc) is 3.51. The molecule has 5 rings (SSSR count). The number of ether oxygens (including phenoxy) is 3. The van der Waals surface area contributed by atoms with Crippen LogP contribution in [0.1, 0.15) is 37.1 Å². The number of nitrogens with zero attached hydrogens (tertiary/aromatic N) is 4. The molecule has 0 radical (unpaired) electrons. The fourth-order valence-electron chi connectivity index (χ4n) is 3.66. The number of aromatic nitrogens is 4. The number of carbonyl (C=O) groups excluding carboxylic acids is 1. The highest BCUT2D eigenvalue weighted by Crippen LogP contribution is 2.33. The zero-order chi connectivity index (χ0) is 22.6. The van der Waals surface area contributed by atoms with Crippen LogP contribution < -0.4 is 14.8 Å². The predicted molar refractivity (Wildman–Crippen MR) is 121 cm³/mol. The quantitative estimate of drug-likeness (QED) is 0.564. The Balaban J connectivity index is 1.33. The van der Waals surface area contributed by atoms with E-state index in [1.165, 1.54) is 6.42 Å². The van der Waals surface area contributed by atoms with Crippen LogP contribution in [0.25, 0.3) is 11.6 Å². The van der Waals surface area contributed by atoms with Crippen molar-refractivity contribution in [2.75, 3.05) is 19.0 Å². The maximum Gasteiger partial charge on any atom is 0.229 e. The molecule has 3 aromatic rings. The van der Waals surface area contributed by atoms with Crippen molar-refractivity contribution >= 4 is 17.5 Å². The Morgan fingerprint density at radius 2 is 2.15 bits per heavy atom. The summed E-state index contributed by atoms with van der Waals surface area (Å²) in [5.74, 6) is 3.06. The largest absolute Gasteiger partial charge is 0.493 e. The van der Waals surface area contributed by atoms with E-state index in [9.17, 15) is 4.79 Å². The minimum atomic E-state index is -0.206. The molecule has 170 valence electrons. The van der Waals surface area contributed by atoms with Crippen molar-refractivity contribution in [1.29, 1.82) is 0 Å². The van der Waals surface area contributed by atoms with Crippen LogP contribution in [0, 0.1) is 0 Å². The molecule has 3 heterocycles. The van der Waals surface area contributed by atoms with Gasteiger partial charge in [-0.05, 0) is 49.1 Å². The molecule has 9 heteroatoms. The van der Waals surface area contributed by atoms with E-state index in [1.807, 2.05) is 24.3 Å². The molecule has 1 aromatic carbocycles. The molecule has 0 atom stereocenters. The fourth-order valence-corrected chi connectivity index (χ4v) is 3.66. The van der Waals surface area contributed by atoms with Gasteiger partial charge in [0.1, 0.15) is 5.82 Å². The van der Waals surface area contributed by atoms with Crippen LogP contribution in [0.2, 0.25) is 0 Å². The van der Waals surface area contributed by atoms with E-state index in [-0.39, 0.29) is 18.4 Å². The highest BCUT2D eigenvalue weighted by Gasteiger charge is 2.21. The van der Waals surface area contributed by atoms with Gasteiger partial charge in [0.05, 0.1) is 26.2 Å². The number of hydrogen-bond donors (Lipinski definition) is 1. The molecule has 1 N–H and O–H groups in total. The number of amides is 1. The Kier molecular flexibility index (Phi) is 5.93. The topological polar surface area (TPSA) is 100 Å². The molecule has 0 saturated heterocycles. The molecule has 9 nitrogen and oxygen atoms in total. The van der Waals surface area contributed by atoms with Gasteiger partial charge in [0.25, 0.3) is 0 Å². The molecular formula is C24H25N5O4. The van der Waals surface area contributed by atoms with Crippen molar-refractivity contribution in [3.63, 3.8) is 0 Å². The summed E-state index contributed by atoms with van der Waals surface area (Å²) in [6.45, 7) is 0.592. The molecule has 1 amide bonds. The second kappa shape index (κ2) is 9.32. The highest BCUT2D eigenvalue weighted by atomic mass is 16.5. The smallest absolute Gasteiger partial charge is 0.229 e. The third-order valence-corrected chi connectivity index (χ3v) is 5.58. The number of hydrogen-bond acceptors (Lipinski definition) is 7. The van der Waals surface area contributed by atoms with Crippen molar-refractivity contribution in [1.82, 2.24) is 19.7 Å². The zero-order valence-corrected chi connectivity index (χ0v) is 18.4. The third kappa shape index (κ3) is 4.82. The normalized spacial score (nSPS) is 15.4. The summed E-state index contributed by atoms with van der Waals surface area (Å²) in [5.41, 5.74) is 0.814. The van der Waals surface area contributed by atoms with Crippen molar-refractivity contribution in [3.05, 3.63) is 60.2 Å². The highest BCUT2D eigenvalue weighted by molar-refractivity contribution is 5.91. The Labute approximate surface area is 191 Å². The van der Waals surface area contributed by atoms with Gasteiger partial charge in [-0.3, -0.25) is 4.79 Å². The van der Waals surface area contributed by atoms with Gasteiger partial charge in [-0.25, -0.2) is 14.6 Å². The summed E-state index contributed by atoms with van der Waals surface area (Å²) >= 11 is 0. The minimum absolute atomic E-state index is 0.162. The van der Waals surface area contributed by atoms with E-state index in [2.05, 4.69) is 20.4 Å². The van der Waals surface area contributed by atoms with E-state index < -0.39 is 0 Å². The van der Waals surface area contributed by atoms with Crippen LogP contribution in [0.5, 0.6) is 11.5 Å². The van der Waals surface area contributed by atoms with Gasteiger partial charge < -0.3 is 19.5 Å². The molecule has 0 spiro atoms. The van der Waals surface area contributed by atoms with Crippen molar-refractivity contribution in [2.24, 2.45) is 0 Å². The Bertz CT molecular complexity index is 1170. The first-order chi connectivity index (χ1) is 16.2. The molecule has 0 unspecified atom stereocenters. The van der Waals surface area contributed by atoms with Crippen LogP contribution in [0.4, 0.5) is 5.82 Å². The fraction of sp³-hybridized carbons (Fsp3) is 0.333. The molecule has 1 aliphatic heterocycles. The number of carbonyl (C=O) groups is 1. The lowest BCUT2D eigenvalue weighted by molar-refractivity contribution is -0.115. The van der Waals surface area contributed by atoms with Gasteiger partial charge in [0.2, 0.25) is 5.91 Å². The molecule has 33 heavy (non-hydrogen) atoms. The lowest BCUT2D eigenvalue weighted by Crippen LogP contribution is -2.24. The monoisotopic (exact) mass is 447 g/mol. The first-order valence-electron chi connectivity index (χ1n) is 11.0. The Morgan fingerprint density at radius 3 is 2.85 bits per heavy atom. The summed E-state index contributed by atoms with van der Waals surface area (Å²) in [4.78, 5) is 21.8. The first kappa shape index (κ1) is 21.0. The van der Waals surface area contributed by atoms with Gasteiger partial charge in [0, 0.05) is 24.9 Å². The average molecular weight is 447 g/mol. The Morgan fingerprint density at radius 1 is 1.24 bits per heavy atom. The van der Waals surface area contributed by atoms with Crippen LogP contribution in [-0.4, -0.2) is 45.5 Å². The van der Waals surface area contributed by atoms with Gasteiger partial charge in [-0.15, -0.1) is 0 Å². The Hall–Kier alpha value is -3.88. The molecule has 1 fully saturated rings. The molecule has 0 bridgehead atoms.